The molecular formula is C20H30O3. The summed E-state index contributed by atoms with van der Waals surface area (Å²) in [4.78, 5) is 0. The van der Waals surface area contributed by atoms with Crippen molar-refractivity contribution >= 4 is 0 Å². The fourth-order valence-corrected chi connectivity index (χ4v) is 1.68. The van der Waals surface area contributed by atoms with E-state index >= 15 is 0 Å². The Morgan fingerprint density at radius 3 is 1.83 bits per heavy atom. The molecule has 128 valence electrons. The highest BCUT2D eigenvalue weighted by molar-refractivity contribution is 5.43. The van der Waals surface area contributed by atoms with Gasteiger partial charge in [-0.25, -0.2) is 0 Å². The van der Waals surface area contributed by atoms with Crippen molar-refractivity contribution < 1.29 is 14.2 Å². The third kappa shape index (κ3) is 7.59. The number of hydrogen-bond acceptors (Lipinski definition) is 3. The molecule has 0 aromatic heterocycles. The maximum atomic E-state index is 5.16. The molecule has 0 spiro atoms. The van der Waals surface area contributed by atoms with Crippen molar-refractivity contribution in [2.75, 3.05) is 13.9 Å². The van der Waals surface area contributed by atoms with Gasteiger partial charge in [-0.1, -0.05) is 51.5 Å². The summed E-state index contributed by atoms with van der Waals surface area (Å²) in [5.74, 6) is 2.63. The van der Waals surface area contributed by atoms with Crippen LogP contribution in [0.15, 0.2) is 42.5 Å². The van der Waals surface area contributed by atoms with E-state index in [1.807, 2.05) is 77.1 Å². The fraction of sp³-hybridized carbons (Fsp3) is 0.400. The molecule has 0 fully saturated rings. The van der Waals surface area contributed by atoms with Crippen LogP contribution in [0.25, 0.3) is 0 Å². The van der Waals surface area contributed by atoms with Crippen LogP contribution in [0.1, 0.15) is 38.8 Å². The van der Waals surface area contributed by atoms with E-state index in [1.165, 1.54) is 11.1 Å². The van der Waals surface area contributed by atoms with E-state index in [0.29, 0.717) is 6.79 Å². The van der Waals surface area contributed by atoms with E-state index < -0.39 is 0 Å². The molecule has 1 aliphatic heterocycles. The van der Waals surface area contributed by atoms with E-state index in [1.54, 1.807) is 7.11 Å². The zero-order valence-electron chi connectivity index (χ0n) is 15.5. The molecule has 2 aromatic carbocycles. The Morgan fingerprint density at radius 1 is 0.739 bits per heavy atom. The van der Waals surface area contributed by atoms with Gasteiger partial charge in [-0.2, -0.15) is 0 Å². The van der Waals surface area contributed by atoms with Crippen LogP contribution in [0.3, 0.4) is 0 Å². The van der Waals surface area contributed by atoms with Crippen molar-refractivity contribution in [3.8, 4) is 17.2 Å². The highest BCUT2D eigenvalue weighted by Crippen LogP contribution is 2.31. The second-order valence-corrected chi connectivity index (χ2v) is 4.37. The molecule has 0 radical (unpaired) electrons. The first-order valence-corrected chi connectivity index (χ1v) is 8.16. The van der Waals surface area contributed by atoms with E-state index in [2.05, 4.69) is 6.92 Å². The third-order valence-electron chi connectivity index (χ3n) is 2.78. The Kier molecular flexibility index (Phi) is 11.2. The molecule has 0 amide bonds. The maximum Gasteiger partial charge on any atom is 0.231 e. The summed E-state index contributed by atoms with van der Waals surface area (Å²) in [6.45, 7) is 12.4. The molecular weight excluding hydrogens is 288 g/mol. The highest BCUT2D eigenvalue weighted by Gasteiger charge is 2.11. The van der Waals surface area contributed by atoms with Crippen molar-refractivity contribution in [3.05, 3.63) is 53.6 Å². The van der Waals surface area contributed by atoms with Crippen LogP contribution in [-0.4, -0.2) is 13.9 Å². The van der Waals surface area contributed by atoms with Crippen LogP contribution >= 0.6 is 0 Å². The lowest BCUT2D eigenvalue weighted by atomic mass is 10.2. The van der Waals surface area contributed by atoms with Crippen LogP contribution < -0.4 is 14.2 Å². The van der Waals surface area contributed by atoms with E-state index in [4.69, 9.17) is 14.2 Å². The molecule has 0 saturated heterocycles. The molecule has 3 nitrogen and oxygen atoms in total. The molecule has 3 rings (SSSR count). The minimum atomic E-state index is 0.360. The van der Waals surface area contributed by atoms with Crippen LogP contribution in [0.5, 0.6) is 17.2 Å². The smallest absolute Gasteiger partial charge is 0.231 e. The average Bonchev–Trinajstić information content (AvgIpc) is 3.07. The predicted octanol–water partition coefficient (Wildman–Crippen LogP) is 5.78. The number of aryl methyl sites for hydroxylation is 2. The van der Waals surface area contributed by atoms with Crippen molar-refractivity contribution in [1.29, 1.82) is 0 Å². The SMILES string of the molecule is CC.CC.COc1ccc(C)cc1.Cc1ccc2c(c1)OCO2. The molecule has 0 bridgehead atoms. The molecule has 0 aliphatic carbocycles. The number of hydrogen-bond donors (Lipinski definition) is 0. The normalized spacial score (nSPS) is 10.0. The van der Waals surface area contributed by atoms with Gasteiger partial charge in [0.25, 0.3) is 0 Å². The monoisotopic (exact) mass is 318 g/mol. The van der Waals surface area contributed by atoms with Gasteiger partial charge in [0.15, 0.2) is 11.5 Å². The van der Waals surface area contributed by atoms with Crippen LogP contribution in [0, 0.1) is 13.8 Å². The number of benzene rings is 2. The van der Waals surface area contributed by atoms with Crippen molar-refractivity contribution in [2.45, 2.75) is 41.5 Å². The Balaban J connectivity index is 0.000000349. The zero-order chi connectivity index (χ0) is 17.7. The molecule has 0 saturated carbocycles. The number of ether oxygens (including phenoxy) is 3. The Morgan fingerprint density at radius 2 is 1.26 bits per heavy atom. The average molecular weight is 318 g/mol. The lowest BCUT2D eigenvalue weighted by molar-refractivity contribution is 0.174. The maximum absolute atomic E-state index is 5.16. The first-order valence-electron chi connectivity index (χ1n) is 8.16. The third-order valence-corrected chi connectivity index (χ3v) is 2.78. The van der Waals surface area contributed by atoms with Gasteiger partial charge >= 0.3 is 0 Å². The van der Waals surface area contributed by atoms with E-state index in [0.717, 1.165) is 17.2 Å². The van der Waals surface area contributed by atoms with Gasteiger partial charge in [0.1, 0.15) is 5.75 Å². The van der Waals surface area contributed by atoms with Gasteiger partial charge < -0.3 is 14.2 Å². The lowest BCUT2D eigenvalue weighted by Gasteiger charge is -1.97. The molecule has 0 N–H and O–H groups in total. The molecule has 1 aliphatic rings. The summed E-state index contributed by atoms with van der Waals surface area (Å²) in [5, 5.41) is 0. The standard InChI is InChI=1S/C8H8O2.C8H10O.2C2H6/c1-6-2-3-7-8(4-6)10-5-9-7;1-7-3-5-8(9-2)6-4-7;2*1-2/h2-4H,5H2,1H3;3-6H,1-2H3;2*1-2H3. The van der Waals surface area contributed by atoms with Crippen LogP contribution in [0.2, 0.25) is 0 Å². The Bertz CT molecular complexity index is 533. The topological polar surface area (TPSA) is 27.7 Å². The molecule has 23 heavy (non-hydrogen) atoms. The highest BCUT2D eigenvalue weighted by atomic mass is 16.7. The van der Waals surface area contributed by atoms with Gasteiger partial charge in [-0.05, 0) is 43.7 Å². The van der Waals surface area contributed by atoms with Crippen molar-refractivity contribution in [1.82, 2.24) is 0 Å². The summed E-state index contributed by atoms with van der Waals surface area (Å²) in [7, 11) is 1.67. The minimum absolute atomic E-state index is 0.360. The summed E-state index contributed by atoms with van der Waals surface area (Å²) >= 11 is 0. The van der Waals surface area contributed by atoms with Gasteiger partial charge in [0, 0.05) is 0 Å². The van der Waals surface area contributed by atoms with Crippen molar-refractivity contribution in [2.24, 2.45) is 0 Å². The molecule has 3 heteroatoms. The number of methoxy groups -OCH3 is 1. The lowest BCUT2D eigenvalue weighted by Crippen LogP contribution is -1.92. The van der Waals surface area contributed by atoms with E-state index in [9.17, 15) is 0 Å². The zero-order valence-corrected chi connectivity index (χ0v) is 15.5. The second kappa shape index (κ2) is 12.4. The first kappa shape index (κ1) is 20.8. The Hall–Kier alpha value is -2.16. The fourth-order valence-electron chi connectivity index (χ4n) is 1.68. The summed E-state index contributed by atoms with van der Waals surface area (Å²) in [6, 6.07) is 13.9. The van der Waals surface area contributed by atoms with Crippen molar-refractivity contribution in [3.63, 3.8) is 0 Å². The summed E-state index contributed by atoms with van der Waals surface area (Å²) < 4.78 is 15.3. The largest absolute Gasteiger partial charge is 0.497 e. The minimum Gasteiger partial charge on any atom is -0.497 e. The summed E-state index contributed by atoms with van der Waals surface area (Å²) in [6.07, 6.45) is 0. The van der Waals surface area contributed by atoms with Gasteiger partial charge in [0.2, 0.25) is 6.79 Å². The van der Waals surface area contributed by atoms with Crippen LogP contribution in [-0.2, 0) is 0 Å². The first-order chi connectivity index (χ1) is 11.2. The van der Waals surface area contributed by atoms with Gasteiger partial charge in [-0.15, -0.1) is 0 Å². The molecule has 0 unspecified atom stereocenters. The van der Waals surface area contributed by atoms with E-state index in [-0.39, 0.29) is 0 Å². The molecule has 0 atom stereocenters. The quantitative estimate of drug-likeness (QED) is 0.667. The number of fused-ring (bicyclic) bond motifs is 1. The number of rotatable bonds is 1. The predicted molar refractivity (Wildman–Crippen MR) is 97.7 cm³/mol. The second-order valence-electron chi connectivity index (χ2n) is 4.37. The van der Waals surface area contributed by atoms with Crippen LogP contribution in [0.4, 0.5) is 0 Å². The molecule has 1 heterocycles. The van der Waals surface area contributed by atoms with Gasteiger partial charge in [-0.3, -0.25) is 0 Å². The Labute approximate surface area is 141 Å². The van der Waals surface area contributed by atoms with Gasteiger partial charge in [0.05, 0.1) is 7.11 Å². The summed E-state index contributed by atoms with van der Waals surface area (Å²) in [5.41, 5.74) is 2.46. The molecule has 2 aromatic rings.